The Kier molecular flexibility index (Phi) is 5.09. The number of hydrogen-bond donors (Lipinski definition) is 1. The summed E-state index contributed by atoms with van der Waals surface area (Å²) in [5, 5.41) is 10.4. The molecule has 1 aliphatic carbocycles. The lowest BCUT2D eigenvalue weighted by Gasteiger charge is -2.40. The number of carbonyl (C=O) groups is 2. The van der Waals surface area contributed by atoms with Crippen molar-refractivity contribution in [2.24, 2.45) is 0 Å². The fourth-order valence-corrected chi connectivity index (χ4v) is 3.91. The summed E-state index contributed by atoms with van der Waals surface area (Å²) in [5.41, 5.74) is 0.415. The number of halogens is 2. The highest BCUT2D eigenvalue weighted by molar-refractivity contribution is 6.30. The second kappa shape index (κ2) is 7.43. The van der Waals surface area contributed by atoms with Crippen LogP contribution in [0.2, 0.25) is 5.02 Å². The van der Waals surface area contributed by atoms with Gasteiger partial charge in [0, 0.05) is 41.8 Å². The van der Waals surface area contributed by atoms with Crippen LogP contribution in [0.5, 0.6) is 0 Å². The molecule has 1 aliphatic heterocycles. The van der Waals surface area contributed by atoms with Crippen LogP contribution in [0.3, 0.4) is 0 Å². The predicted molar refractivity (Wildman–Crippen MR) is 108 cm³/mol. The van der Waals surface area contributed by atoms with Gasteiger partial charge in [-0.1, -0.05) is 23.7 Å². The normalized spacial score (nSPS) is 20.5. The van der Waals surface area contributed by atoms with Crippen molar-refractivity contribution >= 4 is 23.4 Å². The van der Waals surface area contributed by atoms with E-state index in [2.05, 4.69) is 0 Å². The van der Waals surface area contributed by atoms with Gasteiger partial charge in [-0.3, -0.25) is 9.59 Å². The molecule has 0 spiro atoms. The summed E-state index contributed by atoms with van der Waals surface area (Å²) >= 11 is 5.80. The summed E-state index contributed by atoms with van der Waals surface area (Å²) in [6.45, 7) is 3.12. The van der Waals surface area contributed by atoms with Gasteiger partial charge < -0.3 is 14.9 Å². The van der Waals surface area contributed by atoms with Crippen LogP contribution < -0.4 is 0 Å². The maximum absolute atomic E-state index is 14.1. The quantitative estimate of drug-likeness (QED) is 0.834. The molecule has 2 amide bonds. The molecule has 152 valence electrons. The Hall–Kier alpha value is -2.44. The fourth-order valence-electron chi connectivity index (χ4n) is 3.75. The highest BCUT2D eigenvalue weighted by Gasteiger charge is 2.51. The number of amides is 2. The Labute approximate surface area is 173 Å². The summed E-state index contributed by atoms with van der Waals surface area (Å²) in [6.07, 6.45) is 1.03. The maximum Gasteiger partial charge on any atom is 0.254 e. The molecule has 5 nitrogen and oxygen atoms in total. The lowest BCUT2D eigenvalue weighted by Crippen LogP contribution is -2.57. The molecule has 1 saturated heterocycles. The highest BCUT2D eigenvalue weighted by Crippen LogP contribution is 2.37. The number of rotatable bonds is 3. The first kappa shape index (κ1) is 19.9. The average Bonchev–Trinajstić information content (AvgIpc) is 3.46. The monoisotopic (exact) mass is 416 g/mol. The fraction of sp³-hybridized carbons (Fsp3) is 0.364. The van der Waals surface area contributed by atoms with E-state index >= 15 is 0 Å². The standard InChI is InChI=1S/C22H22ClFN2O3/c1-14-13-25(21(28)22(29)8-9-22)10-11-26(14)20(27)16-4-2-15(3-5-16)18-7-6-17(23)12-19(18)24/h2-7,12,14,29H,8-11,13H2,1H3/t14-/m1/s1. The first-order chi connectivity index (χ1) is 13.8. The van der Waals surface area contributed by atoms with E-state index in [9.17, 15) is 19.1 Å². The van der Waals surface area contributed by atoms with Crippen LogP contribution in [0, 0.1) is 5.82 Å². The van der Waals surface area contributed by atoms with E-state index < -0.39 is 11.4 Å². The Balaban J connectivity index is 1.45. The summed E-state index contributed by atoms with van der Waals surface area (Å²) in [6, 6.07) is 11.1. The largest absolute Gasteiger partial charge is 0.380 e. The zero-order valence-electron chi connectivity index (χ0n) is 16.1. The number of hydrogen-bond acceptors (Lipinski definition) is 3. The molecule has 2 aromatic carbocycles. The third-order valence-corrected chi connectivity index (χ3v) is 5.91. The van der Waals surface area contributed by atoms with E-state index in [1.54, 1.807) is 46.2 Å². The molecule has 2 aliphatic rings. The number of piperazine rings is 1. The van der Waals surface area contributed by atoms with Gasteiger partial charge in [-0.05, 0) is 55.7 Å². The second-order valence-electron chi connectivity index (χ2n) is 7.83. The van der Waals surface area contributed by atoms with Gasteiger partial charge in [0.15, 0.2) is 0 Å². The van der Waals surface area contributed by atoms with Crippen molar-refractivity contribution in [2.45, 2.75) is 31.4 Å². The molecule has 1 atom stereocenters. The van der Waals surface area contributed by atoms with Gasteiger partial charge >= 0.3 is 0 Å². The summed E-state index contributed by atoms with van der Waals surface area (Å²) in [5.74, 6) is -0.771. The Morgan fingerprint density at radius 3 is 2.41 bits per heavy atom. The molecule has 0 radical (unpaired) electrons. The number of nitrogens with zero attached hydrogens (tertiary/aromatic N) is 2. The van der Waals surface area contributed by atoms with Crippen LogP contribution in [0.25, 0.3) is 11.1 Å². The van der Waals surface area contributed by atoms with E-state index in [0.717, 1.165) is 0 Å². The molecule has 1 heterocycles. The molecule has 29 heavy (non-hydrogen) atoms. The van der Waals surface area contributed by atoms with Crippen LogP contribution in [0.1, 0.15) is 30.1 Å². The zero-order chi connectivity index (χ0) is 20.8. The Bertz CT molecular complexity index is 959. The van der Waals surface area contributed by atoms with Crippen LogP contribution in [0.4, 0.5) is 4.39 Å². The average molecular weight is 417 g/mol. The molecule has 7 heteroatoms. The van der Waals surface area contributed by atoms with Crippen molar-refractivity contribution in [3.8, 4) is 11.1 Å². The van der Waals surface area contributed by atoms with Crippen molar-refractivity contribution in [1.82, 2.24) is 9.80 Å². The SMILES string of the molecule is C[C@@H]1CN(C(=O)C2(O)CC2)CCN1C(=O)c1ccc(-c2ccc(Cl)cc2F)cc1. The number of aliphatic hydroxyl groups is 1. The van der Waals surface area contributed by atoms with E-state index in [-0.39, 0.29) is 17.9 Å². The molecular formula is C22H22ClFN2O3. The van der Waals surface area contributed by atoms with Gasteiger partial charge in [0.1, 0.15) is 11.4 Å². The Morgan fingerprint density at radius 2 is 1.83 bits per heavy atom. The molecule has 0 aromatic heterocycles. The van der Waals surface area contributed by atoms with Gasteiger partial charge in [-0.25, -0.2) is 4.39 Å². The topological polar surface area (TPSA) is 60.9 Å². The van der Waals surface area contributed by atoms with E-state index in [4.69, 9.17) is 11.6 Å². The molecule has 2 aromatic rings. The van der Waals surface area contributed by atoms with Crippen molar-refractivity contribution in [3.05, 3.63) is 58.9 Å². The minimum Gasteiger partial charge on any atom is -0.380 e. The predicted octanol–water partition coefficient (Wildman–Crippen LogP) is 3.34. The van der Waals surface area contributed by atoms with Crippen molar-refractivity contribution in [2.75, 3.05) is 19.6 Å². The molecule has 0 unspecified atom stereocenters. The van der Waals surface area contributed by atoms with Crippen LogP contribution in [0.15, 0.2) is 42.5 Å². The van der Waals surface area contributed by atoms with Crippen LogP contribution >= 0.6 is 11.6 Å². The highest BCUT2D eigenvalue weighted by atomic mass is 35.5. The van der Waals surface area contributed by atoms with Gasteiger partial charge in [0.05, 0.1) is 0 Å². The lowest BCUT2D eigenvalue weighted by atomic mass is 10.0. The number of benzene rings is 2. The minimum atomic E-state index is -1.18. The van der Waals surface area contributed by atoms with Crippen molar-refractivity contribution < 1.29 is 19.1 Å². The van der Waals surface area contributed by atoms with Crippen LogP contribution in [-0.4, -0.2) is 58.0 Å². The van der Waals surface area contributed by atoms with Crippen molar-refractivity contribution in [1.29, 1.82) is 0 Å². The molecule has 1 saturated carbocycles. The molecular weight excluding hydrogens is 395 g/mol. The van der Waals surface area contributed by atoms with E-state index in [1.807, 2.05) is 6.92 Å². The van der Waals surface area contributed by atoms with Crippen molar-refractivity contribution in [3.63, 3.8) is 0 Å². The van der Waals surface area contributed by atoms with E-state index in [1.165, 1.54) is 6.07 Å². The molecule has 2 fully saturated rings. The van der Waals surface area contributed by atoms with Gasteiger partial charge in [-0.15, -0.1) is 0 Å². The van der Waals surface area contributed by atoms with Gasteiger partial charge in [0.2, 0.25) is 0 Å². The van der Waals surface area contributed by atoms with Gasteiger partial charge in [-0.2, -0.15) is 0 Å². The second-order valence-corrected chi connectivity index (χ2v) is 8.27. The Morgan fingerprint density at radius 1 is 1.14 bits per heavy atom. The van der Waals surface area contributed by atoms with Gasteiger partial charge in [0.25, 0.3) is 11.8 Å². The van der Waals surface area contributed by atoms with E-state index in [0.29, 0.717) is 54.2 Å². The summed E-state index contributed by atoms with van der Waals surface area (Å²) in [7, 11) is 0. The maximum atomic E-state index is 14.1. The summed E-state index contributed by atoms with van der Waals surface area (Å²) < 4.78 is 14.1. The smallest absolute Gasteiger partial charge is 0.254 e. The molecule has 0 bridgehead atoms. The molecule has 1 N–H and O–H groups in total. The van der Waals surface area contributed by atoms with Crippen LogP contribution in [-0.2, 0) is 4.79 Å². The lowest BCUT2D eigenvalue weighted by molar-refractivity contribution is -0.144. The first-order valence-corrected chi connectivity index (χ1v) is 10.0. The number of carbonyl (C=O) groups excluding carboxylic acids is 2. The minimum absolute atomic E-state index is 0.127. The zero-order valence-corrected chi connectivity index (χ0v) is 16.8. The first-order valence-electron chi connectivity index (χ1n) is 9.67. The third kappa shape index (κ3) is 3.87. The summed E-state index contributed by atoms with van der Waals surface area (Å²) in [4.78, 5) is 28.6. The molecule has 4 rings (SSSR count). The third-order valence-electron chi connectivity index (χ3n) is 5.67.